The number of hydrogen-bond donors (Lipinski definition) is 6. The van der Waals surface area contributed by atoms with E-state index in [1.165, 1.54) is 13.0 Å². The highest BCUT2D eigenvalue weighted by Crippen LogP contribution is 2.41. The molecule has 0 bridgehead atoms. The average Bonchev–Trinajstić information content (AvgIpc) is 2.80. The molecule has 2 aromatic carbocycles. The zero-order valence-corrected chi connectivity index (χ0v) is 18.0. The summed E-state index contributed by atoms with van der Waals surface area (Å²) < 4.78 is 10.8. The van der Waals surface area contributed by atoms with Crippen LogP contribution in [0.3, 0.4) is 0 Å². The maximum absolute atomic E-state index is 11.5. The van der Waals surface area contributed by atoms with E-state index in [2.05, 4.69) is 6.58 Å². The molecule has 0 unspecified atom stereocenters. The SMILES string of the molecule is C=Cc1cc(CO)cc([C@@]2(O)O[C@H]([C@H](C)O)[C@@H](O)[C@H](O)[C@H]2O)c1Cc1ccc(OC)cc1. The minimum Gasteiger partial charge on any atom is -0.497 e. The molecule has 0 saturated carbocycles. The standard InChI is InChI=1S/C24H30O8/c1-4-16-9-15(12-25)11-19(18(16)10-14-5-7-17(31-3)8-6-14)24(30)23(29)21(28)20(27)22(32-24)13(2)26/h4-9,11,13,20-23,25-30H,1,10,12H2,2-3H3/t13-,20-,21-,22+,23+,24+/m0/s1. The average molecular weight is 446 g/mol. The fraction of sp³-hybridized carbons (Fsp3) is 0.417. The molecule has 0 radical (unpaired) electrons. The summed E-state index contributed by atoms with van der Waals surface area (Å²) in [6.07, 6.45) is -6.09. The maximum Gasteiger partial charge on any atom is 0.222 e. The van der Waals surface area contributed by atoms with Crippen molar-refractivity contribution in [2.45, 2.75) is 56.3 Å². The van der Waals surface area contributed by atoms with E-state index in [9.17, 15) is 30.6 Å². The van der Waals surface area contributed by atoms with Crippen LogP contribution in [0.15, 0.2) is 43.0 Å². The van der Waals surface area contributed by atoms with Crippen molar-refractivity contribution in [1.29, 1.82) is 0 Å². The van der Waals surface area contributed by atoms with Crippen molar-refractivity contribution in [3.8, 4) is 5.75 Å². The van der Waals surface area contributed by atoms with E-state index < -0.39 is 36.3 Å². The molecular formula is C24H30O8. The normalized spacial score (nSPS) is 28.9. The monoisotopic (exact) mass is 446 g/mol. The maximum atomic E-state index is 11.5. The Kier molecular flexibility index (Phi) is 7.36. The lowest BCUT2D eigenvalue weighted by Gasteiger charge is -2.47. The minimum atomic E-state index is -2.47. The fourth-order valence-electron chi connectivity index (χ4n) is 4.06. The van der Waals surface area contributed by atoms with Gasteiger partial charge < -0.3 is 40.1 Å². The second kappa shape index (κ2) is 9.68. The molecule has 0 spiro atoms. The van der Waals surface area contributed by atoms with Crippen molar-refractivity contribution in [2.75, 3.05) is 7.11 Å². The van der Waals surface area contributed by atoms with Gasteiger partial charge in [-0.25, -0.2) is 0 Å². The fourth-order valence-corrected chi connectivity index (χ4v) is 4.06. The minimum absolute atomic E-state index is 0.0962. The highest BCUT2D eigenvalue weighted by atomic mass is 16.7. The first-order valence-corrected chi connectivity index (χ1v) is 10.3. The Morgan fingerprint density at radius 1 is 1.12 bits per heavy atom. The Morgan fingerprint density at radius 3 is 2.31 bits per heavy atom. The smallest absolute Gasteiger partial charge is 0.222 e. The predicted molar refractivity (Wildman–Crippen MR) is 117 cm³/mol. The Balaban J connectivity index is 2.17. The Bertz CT molecular complexity index is 942. The molecule has 2 aromatic rings. The van der Waals surface area contributed by atoms with Gasteiger partial charge in [0.05, 0.1) is 19.8 Å². The number of methoxy groups -OCH3 is 1. The topological polar surface area (TPSA) is 140 Å². The summed E-state index contributed by atoms with van der Waals surface area (Å²) in [4.78, 5) is 0. The van der Waals surface area contributed by atoms with Crippen LogP contribution in [0.4, 0.5) is 0 Å². The number of hydrogen-bond acceptors (Lipinski definition) is 8. The van der Waals surface area contributed by atoms with Crippen LogP contribution in [0, 0.1) is 0 Å². The van der Waals surface area contributed by atoms with Crippen molar-refractivity contribution < 1.29 is 40.1 Å². The summed E-state index contributed by atoms with van der Waals surface area (Å²) in [5.74, 6) is -1.79. The molecule has 1 fully saturated rings. The van der Waals surface area contributed by atoms with E-state index in [0.717, 1.165) is 5.56 Å². The van der Waals surface area contributed by atoms with E-state index in [4.69, 9.17) is 9.47 Å². The number of benzene rings is 2. The van der Waals surface area contributed by atoms with Gasteiger partial charge in [0.25, 0.3) is 0 Å². The first kappa shape index (κ1) is 24.3. The Hall–Kier alpha value is -2.30. The molecule has 8 heteroatoms. The van der Waals surface area contributed by atoms with Crippen LogP contribution >= 0.6 is 0 Å². The Morgan fingerprint density at radius 2 is 1.78 bits per heavy atom. The van der Waals surface area contributed by atoms with Crippen molar-refractivity contribution in [1.82, 2.24) is 0 Å². The van der Waals surface area contributed by atoms with Crippen LogP contribution in [0.5, 0.6) is 5.75 Å². The van der Waals surface area contributed by atoms with Gasteiger partial charge in [0.15, 0.2) is 0 Å². The predicted octanol–water partition coefficient (Wildman–Crippen LogP) is 0.429. The van der Waals surface area contributed by atoms with E-state index in [1.54, 1.807) is 31.4 Å². The number of aliphatic hydroxyl groups is 6. The molecule has 0 amide bonds. The molecule has 0 aliphatic carbocycles. The van der Waals surface area contributed by atoms with Gasteiger partial charge >= 0.3 is 0 Å². The summed E-state index contributed by atoms with van der Waals surface area (Å²) in [5, 5.41) is 62.7. The van der Waals surface area contributed by atoms with Crippen LogP contribution in [0.2, 0.25) is 0 Å². The third-order valence-corrected chi connectivity index (χ3v) is 5.87. The molecule has 1 heterocycles. The van der Waals surface area contributed by atoms with Crippen LogP contribution < -0.4 is 4.74 Å². The van der Waals surface area contributed by atoms with Gasteiger partial charge in [-0.05, 0) is 59.9 Å². The summed E-state index contributed by atoms with van der Waals surface area (Å²) in [6, 6.07) is 10.4. The Labute approximate surface area is 186 Å². The van der Waals surface area contributed by atoms with Gasteiger partial charge in [0.2, 0.25) is 5.79 Å². The zero-order chi connectivity index (χ0) is 23.6. The summed E-state index contributed by atoms with van der Waals surface area (Å²) in [6.45, 7) is 4.81. The first-order chi connectivity index (χ1) is 15.2. The van der Waals surface area contributed by atoms with Crippen molar-refractivity contribution >= 4 is 6.08 Å². The summed E-state index contributed by atoms with van der Waals surface area (Å²) in [5.41, 5.74) is 2.50. The van der Waals surface area contributed by atoms with E-state index in [0.29, 0.717) is 28.9 Å². The second-order valence-electron chi connectivity index (χ2n) is 8.04. The van der Waals surface area contributed by atoms with E-state index in [-0.39, 0.29) is 12.2 Å². The zero-order valence-electron chi connectivity index (χ0n) is 18.0. The van der Waals surface area contributed by atoms with Crippen LogP contribution in [0.1, 0.15) is 34.7 Å². The molecular weight excluding hydrogens is 416 g/mol. The first-order valence-electron chi connectivity index (χ1n) is 10.3. The van der Waals surface area contributed by atoms with Crippen LogP contribution in [0.25, 0.3) is 6.08 Å². The highest BCUT2D eigenvalue weighted by Gasteiger charge is 2.55. The van der Waals surface area contributed by atoms with Gasteiger partial charge in [-0.3, -0.25) is 0 Å². The molecule has 6 atom stereocenters. The van der Waals surface area contributed by atoms with Gasteiger partial charge in [0.1, 0.15) is 30.2 Å². The van der Waals surface area contributed by atoms with Gasteiger partial charge in [-0.1, -0.05) is 24.8 Å². The third-order valence-electron chi connectivity index (χ3n) is 5.87. The van der Waals surface area contributed by atoms with Crippen LogP contribution in [-0.2, 0) is 23.6 Å². The molecule has 0 aromatic heterocycles. The quantitative estimate of drug-likeness (QED) is 0.360. The molecule has 174 valence electrons. The third kappa shape index (κ3) is 4.44. The summed E-state index contributed by atoms with van der Waals surface area (Å²) >= 11 is 0. The van der Waals surface area contributed by atoms with E-state index >= 15 is 0 Å². The van der Waals surface area contributed by atoms with Gasteiger partial charge in [0, 0.05) is 5.56 Å². The molecule has 1 aliphatic rings. The second-order valence-corrected chi connectivity index (χ2v) is 8.04. The van der Waals surface area contributed by atoms with Crippen LogP contribution in [-0.4, -0.2) is 68.3 Å². The van der Waals surface area contributed by atoms with Crippen molar-refractivity contribution in [2.24, 2.45) is 0 Å². The van der Waals surface area contributed by atoms with E-state index in [1.807, 2.05) is 12.1 Å². The summed E-state index contributed by atoms with van der Waals surface area (Å²) in [7, 11) is 1.56. The van der Waals surface area contributed by atoms with Crippen molar-refractivity contribution in [3.63, 3.8) is 0 Å². The molecule has 3 rings (SSSR count). The number of ether oxygens (including phenoxy) is 2. The van der Waals surface area contributed by atoms with Crippen molar-refractivity contribution in [3.05, 3.63) is 70.8 Å². The van der Waals surface area contributed by atoms with Gasteiger partial charge in [-0.15, -0.1) is 0 Å². The molecule has 8 nitrogen and oxygen atoms in total. The lowest BCUT2D eigenvalue weighted by atomic mass is 9.81. The largest absolute Gasteiger partial charge is 0.497 e. The number of aliphatic hydroxyl groups excluding tert-OH is 5. The molecule has 32 heavy (non-hydrogen) atoms. The molecule has 1 saturated heterocycles. The highest BCUT2D eigenvalue weighted by molar-refractivity contribution is 5.58. The molecule has 1 aliphatic heterocycles. The lowest BCUT2D eigenvalue weighted by Crippen LogP contribution is -2.65. The lowest BCUT2D eigenvalue weighted by molar-refractivity contribution is -0.364. The number of rotatable bonds is 7. The molecule has 6 N–H and O–H groups in total. The van der Waals surface area contributed by atoms with Gasteiger partial charge in [-0.2, -0.15) is 0 Å².